The van der Waals surface area contributed by atoms with Crippen LogP contribution in [0, 0.1) is 17.0 Å². The average Bonchev–Trinajstić information content (AvgIpc) is 2.81. The fraction of sp³-hybridized carbons (Fsp3) is 0.588. The molecule has 0 saturated heterocycles. The van der Waals surface area contributed by atoms with Crippen molar-refractivity contribution in [3.05, 3.63) is 33.4 Å². The third-order valence-electron chi connectivity index (χ3n) is 4.44. The molecule has 0 aromatic heterocycles. The van der Waals surface area contributed by atoms with Crippen molar-refractivity contribution in [2.75, 3.05) is 18.8 Å². The van der Waals surface area contributed by atoms with E-state index in [0.29, 0.717) is 24.7 Å². The van der Waals surface area contributed by atoms with E-state index in [1.165, 1.54) is 44.6 Å². The standard InChI is InChI=1S/C17H26N4O3/c1-12-10-14(16(18)15(11-12)21(23)24)17(22)20-9-8-19-13-6-4-2-3-5-7-13/h10-11,13,19H,2-9,18H2,1H3,(H,20,22). The molecule has 0 spiro atoms. The Hall–Kier alpha value is -2.15. The number of nitrogens with one attached hydrogen (secondary N) is 2. The normalized spacial score (nSPS) is 15.7. The highest BCUT2D eigenvalue weighted by molar-refractivity contribution is 6.01. The second-order valence-electron chi connectivity index (χ2n) is 6.40. The number of nitrogens with two attached hydrogens (primary N) is 1. The lowest BCUT2D eigenvalue weighted by molar-refractivity contribution is -0.384. The molecule has 7 nitrogen and oxygen atoms in total. The largest absolute Gasteiger partial charge is 0.393 e. The molecule has 132 valence electrons. The van der Waals surface area contributed by atoms with E-state index in [4.69, 9.17) is 5.73 Å². The van der Waals surface area contributed by atoms with Crippen LogP contribution in [0.5, 0.6) is 0 Å². The zero-order chi connectivity index (χ0) is 17.5. The summed E-state index contributed by atoms with van der Waals surface area (Å²) in [4.78, 5) is 22.7. The van der Waals surface area contributed by atoms with E-state index in [1.807, 2.05) is 0 Å². The number of anilines is 1. The van der Waals surface area contributed by atoms with Crippen LogP contribution in [0.2, 0.25) is 0 Å². The fourth-order valence-corrected chi connectivity index (χ4v) is 3.15. The van der Waals surface area contributed by atoms with E-state index >= 15 is 0 Å². The van der Waals surface area contributed by atoms with Gasteiger partial charge >= 0.3 is 0 Å². The van der Waals surface area contributed by atoms with Gasteiger partial charge in [-0.05, 0) is 31.4 Å². The predicted molar refractivity (Wildman–Crippen MR) is 94.1 cm³/mol. The Labute approximate surface area is 142 Å². The number of carbonyl (C=O) groups is 1. The zero-order valence-electron chi connectivity index (χ0n) is 14.1. The molecule has 1 saturated carbocycles. The van der Waals surface area contributed by atoms with Gasteiger partial charge in [0.05, 0.1) is 10.5 Å². The first-order valence-corrected chi connectivity index (χ1v) is 8.55. The maximum absolute atomic E-state index is 12.3. The molecule has 4 N–H and O–H groups in total. The summed E-state index contributed by atoms with van der Waals surface area (Å²) in [7, 11) is 0. The van der Waals surface area contributed by atoms with Crippen molar-refractivity contribution in [3.63, 3.8) is 0 Å². The molecule has 1 amide bonds. The molecule has 2 rings (SSSR count). The SMILES string of the molecule is Cc1cc(C(=O)NCCNC2CCCCCC2)c(N)c([N+](=O)[O-])c1. The Balaban J connectivity index is 1.87. The summed E-state index contributed by atoms with van der Waals surface area (Å²) < 4.78 is 0. The van der Waals surface area contributed by atoms with Crippen LogP contribution in [-0.4, -0.2) is 30.0 Å². The first kappa shape index (κ1) is 18.2. The molecule has 7 heteroatoms. The van der Waals surface area contributed by atoms with Crippen LogP contribution >= 0.6 is 0 Å². The smallest absolute Gasteiger partial charge is 0.293 e. The van der Waals surface area contributed by atoms with E-state index in [1.54, 1.807) is 13.0 Å². The molecule has 1 aromatic rings. The van der Waals surface area contributed by atoms with Crippen LogP contribution in [0.25, 0.3) is 0 Å². The molecule has 0 unspecified atom stereocenters. The molecular formula is C17H26N4O3. The van der Waals surface area contributed by atoms with Gasteiger partial charge in [0.2, 0.25) is 0 Å². The topological polar surface area (TPSA) is 110 Å². The summed E-state index contributed by atoms with van der Waals surface area (Å²) in [6.45, 7) is 2.86. The van der Waals surface area contributed by atoms with Gasteiger partial charge in [-0.15, -0.1) is 0 Å². The van der Waals surface area contributed by atoms with Crippen molar-refractivity contribution in [2.24, 2.45) is 0 Å². The molecule has 1 aliphatic rings. The molecule has 0 aliphatic heterocycles. The number of hydrogen-bond acceptors (Lipinski definition) is 5. The number of nitrogen functional groups attached to an aromatic ring is 1. The van der Waals surface area contributed by atoms with Gasteiger partial charge < -0.3 is 16.4 Å². The lowest BCUT2D eigenvalue weighted by atomic mass is 10.1. The van der Waals surface area contributed by atoms with Gasteiger partial charge in [-0.25, -0.2) is 0 Å². The van der Waals surface area contributed by atoms with Crippen LogP contribution in [0.15, 0.2) is 12.1 Å². The highest BCUT2D eigenvalue weighted by Crippen LogP contribution is 2.26. The third kappa shape index (κ3) is 4.92. The highest BCUT2D eigenvalue weighted by Gasteiger charge is 2.20. The monoisotopic (exact) mass is 334 g/mol. The molecule has 0 radical (unpaired) electrons. The number of aryl methyl sites for hydroxylation is 1. The lowest BCUT2D eigenvalue weighted by Gasteiger charge is -2.16. The van der Waals surface area contributed by atoms with Gasteiger partial charge in [0, 0.05) is 25.2 Å². The lowest BCUT2D eigenvalue weighted by Crippen LogP contribution is -2.37. The number of rotatable bonds is 6. The van der Waals surface area contributed by atoms with E-state index in [2.05, 4.69) is 10.6 Å². The van der Waals surface area contributed by atoms with Gasteiger partial charge in [0.25, 0.3) is 11.6 Å². The first-order valence-electron chi connectivity index (χ1n) is 8.55. The Morgan fingerprint density at radius 2 is 1.92 bits per heavy atom. The quantitative estimate of drug-likeness (QED) is 0.243. The molecule has 1 fully saturated rings. The minimum absolute atomic E-state index is 0.0835. The number of nitro groups is 1. The van der Waals surface area contributed by atoms with Crippen molar-refractivity contribution < 1.29 is 9.72 Å². The maximum atomic E-state index is 12.3. The molecule has 0 atom stereocenters. The Kier molecular flexibility index (Phi) is 6.54. The van der Waals surface area contributed by atoms with Gasteiger partial charge in [0.1, 0.15) is 5.69 Å². The van der Waals surface area contributed by atoms with Crippen molar-refractivity contribution in [1.29, 1.82) is 0 Å². The Bertz CT molecular complexity index is 596. The molecule has 0 heterocycles. The summed E-state index contributed by atoms with van der Waals surface area (Å²) >= 11 is 0. The van der Waals surface area contributed by atoms with Crippen LogP contribution in [0.1, 0.15) is 54.4 Å². The third-order valence-corrected chi connectivity index (χ3v) is 4.44. The number of amides is 1. The van der Waals surface area contributed by atoms with Crippen LogP contribution in [0.3, 0.4) is 0 Å². The van der Waals surface area contributed by atoms with Crippen molar-refractivity contribution in [1.82, 2.24) is 10.6 Å². The van der Waals surface area contributed by atoms with Crippen LogP contribution < -0.4 is 16.4 Å². The van der Waals surface area contributed by atoms with Gasteiger partial charge in [-0.1, -0.05) is 25.7 Å². The fourth-order valence-electron chi connectivity index (χ4n) is 3.15. The van der Waals surface area contributed by atoms with E-state index in [9.17, 15) is 14.9 Å². The number of benzene rings is 1. The second kappa shape index (κ2) is 8.63. The summed E-state index contributed by atoms with van der Waals surface area (Å²) in [5.41, 5.74) is 6.27. The van der Waals surface area contributed by atoms with Crippen molar-refractivity contribution in [2.45, 2.75) is 51.5 Å². The van der Waals surface area contributed by atoms with E-state index < -0.39 is 4.92 Å². The second-order valence-corrected chi connectivity index (χ2v) is 6.40. The number of nitrogens with zero attached hydrogens (tertiary/aromatic N) is 1. The summed E-state index contributed by atoms with van der Waals surface area (Å²) in [6.07, 6.45) is 7.50. The summed E-state index contributed by atoms with van der Waals surface area (Å²) in [6, 6.07) is 3.48. The van der Waals surface area contributed by atoms with Crippen molar-refractivity contribution >= 4 is 17.3 Å². The molecule has 24 heavy (non-hydrogen) atoms. The average molecular weight is 334 g/mol. The zero-order valence-corrected chi connectivity index (χ0v) is 14.1. The number of carbonyl (C=O) groups excluding carboxylic acids is 1. The highest BCUT2D eigenvalue weighted by atomic mass is 16.6. The van der Waals surface area contributed by atoms with E-state index in [-0.39, 0.29) is 22.8 Å². The Morgan fingerprint density at radius 3 is 2.54 bits per heavy atom. The molecule has 1 aliphatic carbocycles. The van der Waals surface area contributed by atoms with Crippen LogP contribution in [0.4, 0.5) is 11.4 Å². The summed E-state index contributed by atoms with van der Waals surface area (Å²) in [5, 5.41) is 17.3. The first-order chi connectivity index (χ1) is 11.5. The Morgan fingerprint density at radius 1 is 1.25 bits per heavy atom. The molecule has 0 bridgehead atoms. The summed E-state index contributed by atoms with van der Waals surface area (Å²) in [5.74, 6) is -0.373. The predicted octanol–water partition coefficient (Wildman–Crippen LogP) is 2.53. The van der Waals surface area contributed by atoms with Crippen molar-refractivity contribution in [3.8, 4) is 0 Å². The minimum Gasteiger partial charge on any atom is -0.393 e. The van der Waals surface area contributed by atoms with Gasteiger partial charge in [-0.2, -0.15) is 0 Å². The number of hydrogen-bond donors (Lipinski definition) is 3. The van der Waals surface area contributed by atoms with Crippen LogP contribution in [-0.2, 0) is 0 Å². The molecular weight excluding hydrogens is 308 g/mol. The van der Waals surface area contributed by atoms with E-state index in [0.717, 1.165) is 0 Å². The molecule has 1 aromatic carbocycles. The van der Waals surface area contributed by atoms with Gasteiger partial charge in [-0.3, -0.25) is 14.9 Å². The number of nitro benzene ring substituents is 1. The minimum atomic E-state index is -0.563. The maximum Gasteiger partial charge on any atom is 0.293 e. The van der Waals surface area contributed by atoms with Gasteiger partial charge in [0.15, 0.2) is 0 Å².